The molecule has 1 aliphatic heterocycles. The Labute approximate surface area is 109 Å². The summed E-state index contributed by atoms with van der Waals surface area (Å²) >= 11 is 0. The maximum atomic E-state index is 11.5. The number of sulfone groups is 1. The maximum absolute atomic E-state index is 11.5. The van der Waals surface area contributed by atoms with Crippen LogP contribution in [-0.4, -0.2) is 47.7 Å². The summed E-state index contributed by atoms with van der Waals surface area (Å²) in [6, 6.07) is 0. The Morgan fingerprint density at radius 1 is 1.39 bits per heavy atom. The number of hydrogen-bond acceptors (Lipinski definition) is 4. The molecule has 2 rings (SSSR count). The van der Waals surface area contributed by atoms with Gasteiger partial charge < -0.3 is 0 Å². The van der Waals surface area contributed by atoms with Crippen molar-refractivity contribution >= 4 is 9.84 Å². The lowest BCUT2D eigenvalue weighted by Crippen LogP contribution is -2.38. The van der Waals surface area contributed by atoms with Gasteiger partial charge >= 0.3 is 0 Å². The van der Waals surface area contributed by atoms with Crippen molar-refractivity contribution in [3.05, 3.63) is 17.5 Å². The fourth-order valence-corrected chi connectivity index (χ4v) is 3.61. The van der Waals surface area contributed by atoms with Gasteiger partial charge in [-0.05, 0) is 32.9 Å². The molecule has 0 amide bonds. The molecule has 0 aromatic carbocycles. The highest BCUT2D eigenvalue weighted by Gasteiger charge is 2.26. The predicted molar refractivity (Wildman–Crippen MR) is 71.1 cm³/mol. The van der Waals surface area contributed by atoms with Crippen LogP contribution in [0, 0.1) is 6.92 Å². The molecule has 0 bridgehead atoms. The predicted octanol–water partition coefficient (Wildman–Crippen LogP) is 0.738. The molecule has 1 saturated heterocycles. The number of piperidine rings is 1. The maximum Gasteiger partial charge on any atom is 0.150 e. The fraction of sp³-hybridized carbons (Fsp3) is 0.750. The third-order valence-electron chi connectivity index (χ3n) is 3.65. The summed E-state index contributed by atoms with van der Waals surface area (Å²) in [7, 11) is -0.946. The molecule has 6 heteroatoms. The molecule has 0 saturated carbocycles. The monoisotopic (exact) mass is 271 g/mol. The number of aryl methyl sites for hydroxylation is 2. The van der Waals surface area contributed by atoms with E-state index in [9.17, 15) is 8.42 Å². The van der Waals surface area contributed by atoms with Crippen LogP contribution >= 0.6 is 0 Å². The van der Waals surface area contributed by atoms with E-state index in [0.717, 1.165) is 38.2 Å². The minimum Gasteiger partial charge on any atom is -0.299 e. The van der Waals surface area contributed by atoms with Crippen molar-refractivity contribution in [2.75, 3.05) is 19.3 Å². The summed E-state index contributed by atoms with van der Waals surface area (Å²) < 4.78 is 24.8. The van der Waals surface area contributed by atoms with Gasteiger partial charge in [-0.1, -0.05) is 0 Å². The molecule has 1 fully saturated rings. The zero-order valence-corrected chi connectivity index (χ0v) is 12.1. The molecule has 1 aliphatic rings. The summed E-state index contributed by atoms with van der Waals surface area (Å²) in [6.07, 6.45) is 4.88. The highest BCUT2D eigenvalue weighted by molar-refractivity contribution is 7.91. The van der Waals surface area contributed by atoms with Crippen LogP contribution in [0.2, 0.25) is 0 Å². The van der Waals surface area contributed by atoms with Gasteiger partial charge in [-0.15, -0.1) is 0 Å². The van der Waals surface area contributed by atoms with Gasteiger partial charge in [-0.3, -0.25) is 9.58 Å². The van der Waals surface area contributed by atoms with Crippen molar-refractivity contribution < 1.29 is 8.42 Å². The van der Waals surface area contributed by atoms with Crippen LogP contribution in [-0.2, 0) is 23.4 Å². The molecule has 0 atom stereocenters. The molecule has 1 aromatic rings. The lowest BCUT2D eigenvalue weighted by Gasteiger charge is -2.30. The van der Waals surface area contributed by atoms with Gasteiger partial charge in [0.05, 0.1) is 10.9 Å². The first-order chi connectivity index (χ1) is 8.36. The Bertz CT molecular complexity index is 513. The van der Waals surface area contributed by atoms with E-state index in [-0.39, 0.29) is 5.25 Å². The van der Waals surface area contributed by atoms with Crippen molar-refractivity contribution in [2.45, 2.75) is 31.6 Å². The van der Waals surface area contributed by atoms with Gasteiger partial charge in [0.15, 0.2) is 0 Å². The van der Waals surface area contributed by atoms with Gasteiger partial charge in [0, 0.05) is 31.6 Å². The van der Waals surface area contributed by atoms with Gasteiger partial charge in [-0.25, -0.2) is 8.42 Å². The van der Waals surface area contributed by atoms with Crippen LogP contribution in [0.25, 0.3) is 0 Å². The quantitative estimate of drug-likeness (QED) is 0.813. The van der Waals surface area contributed by atoms with E-state index in [0.29, 0.717) is 0 Å². The summed E-state index contributed by atoms with van der Waals surface area (Å²) in [6.45, 7) is 4.59. The number of hydrogen-bond donors (Lipinski definition) is 0. The SMILES string of the molecule is Cc1nn(C)cc1CN1CCC(S(C)(=O)=O)CC1. The molecule has 1 aromatic heterocycles. The second kappa shape index (κ2) is 5.01. The minimum atomic E-state index is -2.87. The van der Waals surface area contributed by atoms with Crippen molar-refractivity contribution in [2.24, 2.45) is 7.05 Å². The van der Waals surface area contributed by atoms with Crippen LogP contribution in [0.3, 0.4) is 0 Å². The van der Waals surface area contributed by atoms with E-state index >= 15 is 0 Å². The fourth-order valence-electron chi connectivity index (χ4n) is 2.54. The highest BCUT2D eigenvalue weighted by Crippen LogP contribution is 2.19. The Kier molecular flexibility index (Phi) is 3.77. The van der Waals surface area contributed by atoms with E-state index in [2.05, 4.69) is 10.00 Å². The van der Waals surface area contributed by atoms with Gasteiger partial charge in [0.1, 0.15) is 9.84 Å². The Morgan fingerprint density at radius 2 is 2.00 bits per heavy atom. The molecule has 102 valence electrons. The summed E-state index contributed by atoms with van der Waals surface area (Å²) in [5.74, 6) is 0. The molecule has 2 heterocycles. The summed E-state index contributed by atoms with van der Waals surface area (Å²) in [4.78, 5) is 2.31. The first-order valence-electron chi connectivity index (χ1n) is 6.26. The van der Waals surface area contributed by atoms with Crippen molar-refractivity contribution in [1.82, 2.24) is 14.7 Å². The molecule has 0 aliphatic carbocycles. The van der Waals surface area contributed by atoms with Gasteiger partial charge in [0.25, 0.3) is 0 Å². The molecule has 0 spiro atoms. The standard InChI is InChI=1S/C12H21N3O2S/c1-10-11(8-14(2)13-10)9-15-6-4-12(5-7-15)18(3,16)17/h8,12H,4-7,9H2,1-3H3. The van der Waals surface area contributed by atoms with Crippen LogP contribution in [0.4, 0.5) is 0 Å². The van der Waals surface area contributed by atoms with Crippen LogP contribution in [0.1, 0.15) is 24.1 Å². The van der Waals surface area contributed by atoms with Crippen LogP contribution in [0.15, 0.2) is 6.20 Å². The Balaban J connectivity index is 1.93. The van der Waals surface area contributed by atoms with Gasteiger partial charge in [-0.2, -0.15) is 5.10 Å². The van der Waals surface area contributed by atoms with E-state index in [1.54, 1.807) is 0 Å². The summed E-state index contributed by atoms with van der Waals surface area (Å²) in [5, 5.41) is 4.18. The summed E-state index contributed by atoms with van der Waals surface area (Å²) in [5.41, 5.74) is 2.29. The Hall–Kier alpha value is -0.880. The second-order valence-corrected chi connectivity index (χ2v) is 7.54. The minimum absolute atomic E-state index is 0.149. The molecule has 0 N–H and O–H groups in total. The molecule has 0 unspecified atom stereocenters. The average molecular weight is 271 g/mol. The third kappa shape index (κ3) is 3.11. The lowest BCUT2D eigenvalue weighted by molar-refractivity contribution is 0.222. The van der Waals surface area contributed by atoms with Crippen LogP contribution < -0.4 is 0 Å². The van der Waals surface area contributed by atoms with Crippen molar-refractivity contribution in [1.29, 1.82) is 0 Å². The number of aromatic nitrogens is 2. The zero-order valence-electron chi connectivity index (χ0n) is 11.3. The molecule has 18 heavy (non-hydrogen) atoms. The molecular formula is C12H21N3O2S. The lowest BCUT2D eigenvalue weighted by atomic mass is 10.1. The van der Waals surface area contributed by atoms with Crippen molar-refractivity contribution in [3.63, 3.8) is 0 Å². The Morgan fingerprint density at radius 3 is 2.44 bits per heavy atom. The smallest absolute Gasteiger partial charge is 0.150 e. The van der Waals surface area contributed by atoms with Gasteiger partial charge in [0.2, 0.25) is 0 Å². The number of nitrogens with zero attached hydrogens (tertiary/aromatic N) is 3. The highest BCUT2D eigenvalue weighted by atomic mass is 32.2. The topological polar surface area (TPSA) is 55.2 Å². The average Bonchev–Trinajstić information content (AvgIpc) is 2.57. The van der Waals surface area contributed by atoms with Crippen molar-refractivity contribution in [3.8, 4) is 0 Å². The second-order valence-electron chi connectivity index (χ2n) is 5.22. The first kappa shape index (κ1) is 13.5. The largest absolute Gasteiger partial charge is 0.299 e. The zero-order chi connectivity index (χ0) is 13.3. The number of rotatable bonds is 3. The normalized spacial score (nSPS) is 19.3. The number of likely N-dealkylation sites (tertiary alicyclic amines) is 1. The third-order valence-corrected chi connectivity index (χ3v) is 5.33. The van der Waals surface area contributed by atoms with E-state index < -0.39 is 9.84 Å². The van der Waals surface area contributed by atoms with E-state index in [1.807, 2.05) is 24.9 Å². The molecule has 5 nitrogen and oxygen atoms in total. The van der Waals surface area contributed by atoms with E-state index in [4.69, 9.17) is 0 Å². The van der Waals surface area contributed by atoms with Crippen LogP contribution in [0.5, 0.6) is 0 Å². The first-order valence-corrected chi connectivity index (χ1v) is 8.22. The molecule has 0 radical (unpaired) electrons. The van der Waals surface area contributed by atoms with E-state index in [1.165, 1.54) is 11.8 Å². The molecular weight excluding hydrogens is 250 g/mol.